The molecule has 1 aromatic heterocycles. The highest BCUT2D eigenvalue weighted by Crippen LogP contribution is 2.24. The van der Waals surface area contributed by atoms with Crippen molar-refractivity contribution in [3.05, 3.63) is 46.8 Å². The highest BCUT2D eigenvalue weighted by Gasteiger charge is 2.15. The summed E-state index contributed by atoms with van der Waals surface area (Å²) in [5.74, 6) is -0.826. The summed E-state index contributed by atoms with van der Waals surface area (Å²) in [5, 5.41) is 8.03. The third-order valence-corrected chi connectivity index (χ3v) is 3.53. The highest BCUT2D eigenvalue weighted by atomic mass is 32.1. The minimum Gasteiger partial charge on any atom is -0.385 e. The van der Waals surface area contributed by atoms with Gasteiger partial charge in [-0.2, -0.15) is 0 Å². The molecule has 0 unspecified atom stereocenters. The molecule has 0 radical (unpaired) electrons. The first kappa shape index (κ1) is 14.1. The molecule has 0 aliphatic carbocycles. The van der Waals surface area contributed by atoms with Crippen LogP contribution in [0.1, 0.15) is 27.6 Å². The SMILES string of the molecule is CCNc1ccccc1C(=O)Nc1sccc1C(N)=O. The zero-order chi connectivity index (χ0) is 14.5. The zero-order valence-corrected chi connectivity index (χ0v) is 11.8. The van der Waals surface area contributed by atoms with Crippen LogP contribution in [-0.4, -0.2) is 18.4 Å². The van der Waals surface area contributed by atoms with E-state index in [1.165, 1.54) is 11.3 Å². The number of hydrogen-bond acceptors (Lipinski definition) is 4. The van der Waals surface area contributed by atoms with Gasteiger partial charge in [-0.1, -0.05) is 12.1 Å². The molecule has 0 spiro atoms. The lowest BCUT2D eigenvalue weighted by atomic mass is 10.1. The largest absolute Gasteiger partial charge is 0.385 e. The van der Waals surface area contributed by atoms with E-state index in [1.54, 1.807) is 23.6 Å². The minimum absolute atomic E-state index is 0.272. The number of nitrogens with two attached hydrogens (primary N) is 1. The molecule has 0 saturated carbocycles. The fourth-order valence-electron chi connectivity index (χ4n) is 1.80. The Hall–Kier alpha value is -2.34. The number of para-hydroxylation sites is 1. The van der Waals surface area contributed by atoms with E-state index in [9.17, 15) is 9.59 Å². The van der Waals surface area contributed by atoms with Crippen LogP contribution < -0.4 is 16.4 Å². The van der Waals surface area contributed by atoms with Crippen molar-refractivity contribution in [1.82, 2.24) is 0 Å². The quantitative estimate of drug-likeness (QED) is 0.790. The van der Waals surface area contributed by atoms with Gasteiger partial charge in [0.15, 0.2) is 0 Å². The Labute approximate surface area is 120 Å². The second-order valence-electron chi connectivity index (χ2n) is 4.06. The fraction of sp³-hybridized carbons (Fsp3) is 0.143. The summed E-state index contributed by atoms with van der Waals surface area (Å²) < 4.78 is 0. The van der Waals surface area contributed by atoms with E-state index in [0.29, 0.717) is 16.1 Å². The van der Waals surface area contributed by atoms with Crippen molar-refractivity contribution in [2.75, 3.05) is 17.2 Å². The van der Waals surface area contributed by atoms with Crippen LogP contribution in [0, 0.1) is 0 Å². The molecule has 0 aliphatic rings. The van der Waals surface area contributed by atoms with Crippen molar-refractivity contribution in [2.45, 2.75) is 6.92 Å². The van der Waals surface area contributed by atoms with Crippen molar-refractivity contribution in [1.29, 1.82) is 0 Å². The summed E-state index contributed by atoms with van der Waals surface area (Å²) in [6.45, 7) is 2.68. The normalized spacial score (nSPS) is 10.1. The van der Waals surface area contributed by atoms with Gasteiger partial charge in [-0.3, -0.25) is 9.59 Å². The summed E-state index contributed by atoms with van der Waals surface area (Å²) in [6, 6.07) is 8.81. The summed E-state index contributed by atoms with van der Waals surface area (Å²) in [6.07, 6.45) is 0. The number of amides is 2. The Morgan fingerprint density at radius 2 is 1.95 bits per heavy atom. The number of nitrogens with one attached hydrogen (secondary N) is 2. The number of primary amides is 1. The summed E-state index contributed by atoms with van der Waals surface area (Å²) >= 11 is 1.27. The van der Waals surface area contributed by atoms with Crippen LogP contribution in [0.4, 0.5) is 10.7 Å². The molecule has 104 valence electrons. The van der Waals surface area contributed by atoms with Gasteiger partial charge in [0.1, 0.15) is 5.00 Å². The molecule has 0 aliphatic heterocycles. The van der Waals surface area contributed by atoms with Crippen LogP contribution in [0.2, 0.25) is 0 Å². The molecule has 0 bridgehead atoms. The number of thiophene rings is 1. The van der Waals surface area contributed by atoms with Crippen LogP contribution >= 0.6 is 11.3 Å². The van der Waals surface area contributed by atoms with E-state index in [1.807, 2.05) is 19.1 Å². The number of benzene rings is 1. The van der Waals surface area contributed by atoms with Gasteiger partial charge in [0, 0.05) is 12.2 Å². The molecule has 20 heavy (non-hydrogen) atoms. The summed E-state index contributed by atoms with van der Waals surface area (Å²) in [7, 11) is 0. The van der Waals surface area contributed by atoms with Crippen molar-refractivity contribution in [3.8, 4) is 0 Å². The number of anilines is 2. The molecule has 1 aromatic carbocycles. The van der Waals surface area contributed by atoms with Gasteiger partial charge in [0.25, 0.3) is 11.8 Å². The molecule has 6 heteroatoms. The molecular weight excluding hydrogens is 274 g/mol. The lowest BCUT2D eigenvalue weighted by Crippen LogP contribution is -2.17. The maximum atomic E-state index is 12.3. The van der Waals surface area contributed by atoms with Gasteiger partial charge in [0.05, 0.1) is 11.1 Å². The number of carbonyl (C=O) groups is 2. The third kappa shape index (κ3) is 2.97. The second-order valence-corrected chi connectivity index (χ2v) is 4.97. The summed E-state index contributed by atoms with van der Waals surface area (Å²) in [5.41, 5.74) is 6.86. The molecule has 2 aromatic rings. The Kier molecular flexibility index (Phi) is 4.37. The van der Waals surface area contributed by atoms with Crippen LogP contribution in [0.5, 0.6) is 0 Å². The van der Waals surface area contributed by atoms with Gasteiger partial charge in [-0.05, 0) is 30.5 Å². The molecule has 2 rings (SSSR count). The predicted molar refractivity (Wildman–Crippen MR) is 81.4 cm³/mol. The number of carbonyl (C=O) groups excluding carboxylic acids is 2. The Balaban J connectivity index is 2.24. The monoisotopic (exact) mass is 289 g/mol. The maximum absolute atomic E-state index is 12.3. The Morgan fingerprint density at radius 3 is 2.65 bits per heavy atom. The van der Waals surface area contributed by atoms with Gasteiger partial charge >= 0.3 is 0 Å². The van der Waals surface area contributed by atoms with Crippen LogP contribution in [0.15, 0.2) is 35.7 Å². The van der Waals surface area contributed by atoms with E-state index in [4.69, 9.17) is 5.73 Å². The molecule has 0 atom stereocenters. The third-order valence-electron chi connectivity index (χ3n) is 2.70. The lowest BCUT2D eigenvalue weighted by molar-refractivity contribution is 0.100. The van der Waals surface area contributed by atoms with E-state index in [-0.39, 0.29) is 5.91 Å². The number of hydrogen-bond donors (Lipinski definition) is 3. The predicted octanol–water partition coefficient (Wildman–Crippen LogP) is 2.53. The zero-order valence-electron chi connectivity index (χ0n) is 11.0. The second kappa shape index (κ2) is 6.21. The van der Waals surface area contributed by atoms with Crippen LogP contribution in [0.3, 0.4) is 0 Å². The van der Waals surface area contributed by atoms with Crippen LogP contribution in [0.25, 0.3) is 0 Å². The van der Waals surface area contributed by atoms with E-state index in [0.717, 1.165) is 12.2 Å². The van der Waals surface area contributed by atoms with Crippen molar-refractivity contribution >= 4 is 33.8 Å². The van der Waals surface area contributed by atoms with Crippen molar-refractivity contribution < 1.29 is 9.59 Å². The van der Waals surface area contributed by atoms with Crippen molar-refractivity contribution in [2.24, 2.45) is 5.73 Å². The Morgan fingerprint density at radius 1 is 1.20 bits per heavy atom. The molecule has 0 saturated heterocycles. The van der Waals surface area contributed by atoms with Gasteiger partial charge in [-0.25, -0.2) is 0 Å². The molecule has 5 nitrogen and oxygen atoms in total. The molecule has 4 N–H and O–H groups in total. The van der Waals surface area contributed by atoms with Gasteiger partial charge in [-0.15, -0.1) is 11.3 Å². The Bertz CT molecular complexity index is 637. The molecular formula is C14H15N3O2S. The van der Waals surface area contributed by atoms with Crippen LogP contribution in [-0.2, 0) is 0 Å². The average molecular weight is 289 g/mol. The fourth-order valence-corrected chi connectivity index (χ4v) is 2.58. The van der Waals surface area contributed by atoms with Gasteiger partial charge in [0.2, 0.25) is 0 Å². The standard InChI is InChI=1S/C14H15N3O2S/c1-2-16-11-6-4-3-5-9(11)13(19)17-14-10(12(15)18)7-8-20-14/h3-8,16H,2H2,1H3,(H2,15,18)(H,17,19). The first-order chi connectivity index (χ1) is 9.63. The minimum atomic E-state index is -0.554. The molecule has 0 fully saturated rings. The van der Waals surface area contributed by atoms with Crippen molar-refractivity contribution in [3.63, 3.8) is 0 Å². The molecule has 1 heterocycles. The first-order valence-corrected chi connectivity index (χ1v) is 7.03. The van der Waals surface area contributed by atoms with E-state index in [2.05, 4.69) is 10.6 Å². The number of rotatable bonds is 5. The average Bonchev–Trinajstić information content (AvgIpc) is 2.88. The summed E-state index contributed by atoms with van der Waals surface area (Å²) in [4.78, 5) is 23.5. The van der Waals surface area contributed by atoms with E-state index < -0.39 is 5.91 Å². The maximum Gasteiger partial charge on any atom is 0.258 e. The van der Waals surface area contributed by atoms with E-state index >= 15 is 0 Å². The molecule has 2 amide bonds. The topological polar surface area (TPSA) is 84.2 Å². The lowest BCUT2D eigenvalue weighted by Gasteiger charge is -2.10. The van der Waals surface area contributed by atoms with Gasteiger partial charge < -0.3 is 16.4 Å². The first-order valence-electron chi connectivity index (χ1n) is 6.15. The highest BCUT2D eigenvalue weighted by molar-refractivity contribution is 7.14. The smallest absolute Gasteiger partial charge is 0.258 e.